The Balaban J connectivity index is 2.14. The van der Waals surface area contributed by atoms with Gasteiger partial charge in [0.15, 0.2) is 9.84 Å². The molecule has 19 heavy (non-hydrogen) atoms. The third-order valence-electron chi connectivity index (χ3n) is 3.58. The zero-order valence-corrected chi connectivity index (χ0v) is 13.6. The van der Waals surface area contributed by atoms with E-state index in [2.05, 4.69) is 15.9 Å². The van der Waals surface area contributed by atoms with Crippen molar-refractivity contribution in [2.24, 2.45) is 5.73 Å². The first-order valence-corrected chi connectivity index (χ1v) is 9.20. The first-order chi connectivity index (χ1) is 8.90. The number of halogens is 2. The summed E-state index contributed by atoms with van der Waals surface area (Å²) in [5, 5.41) is 0.194. The molecule has 1 heterocycles. The fraction of sp³-hybridized carbons (Fsp3) is 0.538. The van der Waals surface area contributed by atoms with Gasteiger partial charge in [-0.15, -0.1) is 0 Å². The molecule has 1 aliphatic heterocycles. The lowest BCUT2D eigenvalue weighted by Crippen LogP contribution is -2.44. The maximum Gasteiger partial charge on any atom is 0.154 e. The van der Waals surface area contributed by atoms with Crippen LogP contribution in [0.5, 0.6) is 0 Å². The van der Waals surface area contributed by atoms with E-state index in [1.54, 1.807) is 6.07 Å². The summed E-state index contributed by atoms with van der Waals surface area (Å²) in [4.78, 5) is 0. The van der Waals surface area contributed by atoms with E-state index < -0.39 is 15.1 Å². The van der Waals surface area contributed by atoms with Crippen LogP contribution in [0.25, 0.3) is 0 Å². The molecule has 2 unspecified atom stereocenters. The Morgan fingerprint density at radius 1 is 1.42 bits per heavy atom. The second-order valence-electron chi connectivity index (χ2n) is 5.00. The van der Waals surface area contributed by atoms with Gasteiger partial charge >= 0.3 is 0 Å². The van der Waals surface area contributed by atoms with Crippen LogP contribution in [0.4, 0.5) is 0 Å². The Bertz CT molecular complexity index is 562. The zero-order chi connectivity index (χ0) is 14.0. The van der Waals surface area contributed by atoms with Crippen molar-refractivity contribution in [1.29, 1.82) is 0 Å². The molecule has 0 bridgehead atoms. The highest BCUT2D eigenvalue weighted by Gasteiger charge is 2.33. The van der Waals surface area contributed by atoms with Gasteiger partial charge in [-0.25, -0.2) is 8.42 Å². The van der Waals surface area contributed by atoms with Gasteiger partial charge in [-0.1, -0.05) is 40.0 Å². The topological polar surface area (TPSA) is 60.2 Å². The molecule has 1 aromatic carbocycles. The lowest BCUT2D eigenvalue weighted by molar-refractivity contribution is 0.495. The van der Waals surface area contributed by atoms with E-state index in [0.717, 1.165) is 22.9 Å². The molecule has 1 saturated heterocycles. The molecule has 0 amide bonds. The Morgan fingerprint density at radius 2 is 2.16 bits per heavy atom. The van der Waals surface area contributed by atoms with Gasteiger partial charge in [0.1, 0.15) is 0 Å². The van der Waals surface area contributed by atoms with Crippen LogP contribution in [-0.2, 0) is 16.3 Å². The molecule has 0 aromatic heterocycles. The molecule has 0 radical (unpaired) electrons. The third-order valence-corrected chi connectivity index (χ3v) is 6.79. The van der Waals surface area contributed by atoms with E-state index in [0.29, 0.717) is 17.9 Å². The van der Waals surface area contributed by atoms with Gasteiger partial charge in [0, 0.05) is 15.5 Å². The molecular formula is C13H17BrClNO2S. The summed E-state index contributed by atoms with van der Waals surface area (Å²) in [6.07, 6.45) is 2.85. The summed E-state index contributed by atoms with van der Waals surface area (Å²) in [5.74, 6) is 0.263. The predicted molar refractivity (Wildman–Crippen MR) is 82.3 cm³/mol. The lowest BCUT2D eigenvalue weighted by Gasteiger charge is -2.27. The number of rotatable bonds is 3. The van der Waals surface area contributed by atoms with Crippen molar-refractivity contribution in [2.75, 3.05) is 5.75 Å². The van der Waals surface area contributed by atoms with E-state index >= 15 is 0 Å². The van der Waals surface area contributed by atoms with Crippen molar-refractivity contribution in [3.63, 3.8) is 0 Å². The smallest absolute Gasteiger partial charge is 0.154 e. The summed E-state index contributed by atoms with van der Waals surface area (Å²) in [6.45, 7) is 0. The average Bonchev–Trinajstić information content (AvgIpc) is 2.32. The van der Waals surface area contributed by atoms with E-state index in [1.165, 1.54) is 0 Å². The van der Waals surface area contributed by atoms with Crippen LogP contribution in [0.1, 0.15) is 24.8 Å². The molecule has 2 N–H and O–H groups in total. The quantitative estimate of drug-likeness (QED) is 0.894. The second-order valence-corrected chi connectivity index (χ2v) is 8.67. The van der Waals surface area contributed by atoms with Gasteiger partial charge in [0.2, 0.25) is 0 Å². The van der Waals surface area contributed by atoms with Gasteiger partial charge in [-0.3, -0.25) is 0 Å². The van der Waals surface area contributed by atoms with Gasteiger partial charge < -0.3 is 5.73 Å². The molecule has 1 fully saturated rings. The average molecular weight is 367 g/mol. The first kappa shape index (κ1) is 15.3. The molecule has 0 saturated carbocycles. The van der Waals surface area contributed by atoms with Gasteiger partial charge in [-0.2, -0.15) is 0 Å². The van der Waals surface area contributed by atoms with Crippen molar-refractivity contribution in [1.82, 2.24) is 0 Å². The minimum atomic E-state index is -3.04. The van der Waals surface area contributed by atoms with Crippen LogP contribution in [0.2, 0.25) is 5.02 Å². The highest BCUT2D eigenvalue weighted by atomic mass is 79.9. The van der Waals surface area contributed by atoms with Crippen molar-refractivity contribution in [3.8, 4) is 0 Å². The number of hydrogen-bond acceptors (Lipinski definition) is 3. The van der Waals surface area contributed by atoms with Gasteiger partial charge in [0.25, 0.3) is 0 Å². The minimum Gasteiger partial charge on any atom is -0.326 e. The Hall–Kier alpha value is -0.100. The van der Waals surface area contributed by atoms with Crippen LogP contribution in [-0.4, -0.2) is 25.5 Å². The van der Waals surface area contributed by atoms with Gasteiger partial charge in [-0.05, 0) is 37.0 Å². The fourth-order valence-corrected chi connectivity index (χ4v) is 5.35. The minimum absolute atomic E-state index is 0.263. The molecule has 6 heteroatoms. The van der Waals surface area contributed by atoms with Crippen LogP contribution in [0.3, 0.4) is 0 Å². The Kier molecular flexibility index (Phi) is 4.93. The number of sulfone groups is 1. The van der Waals surface area contributed by atoms with Gasteiger partial charge in [0.05, 0.1) is 11.0 Å². The molecule has 3 nitrogen and oxygen atoms in total. The van der Waals surface area contributed by atoms with E-state index in [4.69, 9.17) is 17.3 Å². The largest absolute Gasteiger partial charge is 0.326 e. The number of hydrogen-bond donors (Lipinski definition) is 1. The number of nitrogens with two attached hydrogens (primary N) is 1. The van der Waals surface area contributed by atoms with Crippen molar-refractivity contribution in [3.05, 3.63) is 33.3 Å². The summed E-state index contributed by atoms with van der Waals surface area (Å²) in [6, 6.07) is 5.20. The third kappa shape index (κ3) is 3.72. The van der Waals surface area contributed by atoms with E-state index in [-0.39, 0.29) is 11.8 Å². The Morgan fingerprint density at radius 3 is 2.79 bits per heavy atom. The van der Waals surface area contributed by atoms with E-state index in [9.17, 15) is 8.42 Å². The van der Waals surface area contributed by atoms with Crippen molar-refractivity contribution in [2.45, 2.75) is 37.0 Å². The molecule has 2 atom stereocenters. The highest BCUT2D eigenvalue weighted by molar-refractivity contribution is 9.10. The van der Waals surface area contributed by atoms with Crippen molar-refractivity contribution >= 4 is 37.4 Å². The van der Waals surface area contributed by atoms with Crippen LogP contribution in [0.15, 0.2) is 22.7 Å². The molecule has 1 aromatic rings. The van der Waals surface area contributed by atoms with Crippen LogP contribution >= 0.6 is 27.5 Å². The summed E-state index contributed by atoms with van der Waals surface area (Å²) in [5.41, 5.74) is 7.01. The first-order valence-electron chi connectivity index (χ1n) is 6.31. The summed E-state index contributed by atoms with van der Waals surface area (Å²) in [7, 11) is -3.04. The fourth-order valence-electron chi connectivity index (χ4n) is 2.53. The predicted octanol–water partition coefficient (Wildman–Crippen LogP) is 2.94. The highest BCUT2D eigenvalue weighted by Crippen LogP contribution is 2.26. The monoisotopic (exact) mass is 365 g/mol. The van der Waals surface area contributed by atoms with Crippen LogP contribution in [0, 0.1) is 0 Å². The van der Waals surface area contributed by atoms with Crippen LogP contribution < -0.4 is 5.73 Å². The molecule has 0 spiro atoms. The standard InChI is InChI=1S/C13H17BrClNO2S/c14-10-5-4-9(11(15)8-10)7-12(16)13-3-1-2-6-19(13,17)18/h4-5,8,12-13H,1-3,6-7,16H2. The van der Waals surface area contributed by atoms with Crippen molar-refractivity contribution < 1.29 is 8.42 Å². The normalized spacial score (nSPS) is 24.1. The number of benzene rings is 1. The maximum absolute atomic E-state index is 12.0. The molecule has 2 rings (SSSR count). The Labute approximate surface area is 127 Å². The lowest BCUT2D eigenvalue weighted by atomic mass is 10.0. The second kappa shape index (κ2) is 6.12. The molecule has 0 aliphatic carbocycles. The molecule has 1 aliphatic rings. The SMILES string of the molecule is NC(Cc1ccc(Br)cc1Cl)C1CCCCS1(=O)=O. The summed E-state index contributed by atoms with van der Waals surface area (Å²) < 4.78 is 25.0. The summed E-state index contributed by atoms with van der Waals surface area (Å²) >= 11 is 9.49. The van der Waals surface area contributed by atoms with E-state index in [1.807, 2.05) is 12.1 Å². The maximum atomic E-state index is 12.0. The molecule has 106 valence electrons. The molecular weight excluding hydrogens is 350 g/mol. The zero-order valence-electron chi connectivity index (χ0n) is 10.5.